The predicted octanol–water partition coefficient (Wildman–Crippen LogP) is 1.69. The number of hydrogen-bond donors (Lipinski definition) is 1. The topological polar surface area (TPSA) is 80.7 Å². The molecule has 0 aromatic heterocycles. The van der Waals surface area contributed by atoms with Crippen LogP contribution >= 0.6 is 0 Å². The Morgan fingerprint density at radius 3 is 2.50 bits per heavy atom. The smallest absolute Gasteiger partial charge is 0.311 e. The molecule has 1 fully saturated rings. The first kappa shape index (κ1) is 14.8. The van der Waals surface area contributed by atoms with Crippen LogP contribution in [-0.2, 0) is 14.6 Å². The monoisotopic (exact) mass is 298 g/mol. The highest BCUT2D eigenvalue weighted by atomic mass is 32.2. The molecule has 1 heterocycles. The molecule has 1 aromatic carbocycles. The third-order valence-electron chi connectivity index (χ3n) is 3.71. The van der Waals surface area contributed by atoms with Gasteiger partial charge in [0.25, 0.3) is 0 Å². The van der Waals surface area contributed by atoms with Gasteiger partial charge in [0.1, 0.15) is 5.75 Å². The Labute approximate surface area is 118 Å². The number of ether oxygens (including phenoxy) is 1. The van der Waals surface area contributed by atoms with Crippen LogP contribution in [0.5, 0.6) is 5.75 Å². The van der Waals surface area contributed by atoms with Gasteiger partial charge < -0.3 is 9.84 Å². The van der Waals surface area contributed by atoms with Gasteiger partial charge in [-0.15, -0.1) is 0 Å². The molecule has 1 saturated heterocycles. The van der Waals surface area contributed by atoms with Gasteiger partial charge in [-0.2, -0.15) is 0 Å². The van der Waals surface area contributed by atoms with Crippen molar-refractivity contribution in [2.75, 3.05) is 18.6 Å². The molecule has 1 aromatic rings. The number of carboxylic acids is 1. The summed E-state index contributed by atoms with van der Waals surface area (Å²) in [7, 11) is -1.58. The maximum absolute atomic E-state index is 11.7. The summed E-state index contributed by atoms with van der Waals surface area (Å²) >= 11 is 0. The van der Waals surface area contributed by atoms with Crippen molar-refractivity contribution in [3.05, 3.63) is 29.8 Å². The molecular formula is C14H18O5S. The Bertz CT molecular complexity index is 576. The molecule has 1 aliphatic heterocycles. The second-order valence-electron chi connectivity index (χ2n) is 5.11. The van der Waals surface area contributed by atoms with Gasteiger partial charge in [-0.1, -0.05) is 12.1 Å². The molecule has 0 saturated carbocycles. The first-order valence-electron chi connectivity index (χ1n) is 6.50. The first-order chi connectivity index (χ1) is 9.43. The first-order valence-corrected chi connectivity index (χ1v) is 8.32. The highest BCUT2D eigenvalue weighted by Gasteiger charge is 2.35. The number of benzene rings is 1. The zero-order chi connectivity index (χ0) is 14.8. The van der Waals surface area contributed by atoms with Crippen molar-refractivity contribution in [1.82, 2.24) is 0 Å². The van der Waals surface area contributed by atoms with Gasteiger partial charge in [-0.25, -0.2) is 8.42 Å². The van der Waals surface area contributed by atoms with Crippen molar-refractivity contribution in [3.8, 4) is 5.75 Å². The van der Waals surface area contributed by atoms with Crippen LogP contribution in [-0.4, -0.2) is 38.1 Å². The Morgan fingerprint density at radius 1 is 1.35 bits per heavy atom. The quantitative estimate of drug-likeness (QED) is 0.915. The summed E-state index contributed by atoms with van der Waals surface area (Å²) < 4.78 is 28.5. The molecule has 6 heteroatoms. The van der Waals surface area contributed by atoms with Crippen molar-refractivity contribution in [3.63, 3.8) is 0 Å². The molecule has 0 radical (unpaired) electrons. The zero-order valence-corrected chi connectivity index (χ0v) is 12.1. The van der Waals surface area contributed by atoms with Crippen LogP contribution in [0, 0.1) is 5.92 Å². The maximum atomic E-state index is 11.7. The lowest BCUT2D eigenvalue weighted by Crippen LogP contribution is -2.32. The van der Waals surface area contributed by atoms with Gasteiger partial charge in [0.15, 0.2) is 9.84 Å². The molecule has 2 unspecified atom stereocenters. The molecule has 0 spiro atoms. The summed E-state index contributed by atoms with van der Waals surface area (Å²) in [6.07, 6.45) is 1.16. The van der Waals surface area contributed by atoms with Crippen molar-refractivity contribution in [2.24, 2.45) is 5.92 Å². The standard InChI is InChI=1S/C14H18O5S/c1-19-12-6-4-10(5-7-12)13(14(15)16)11-3-2-8-20(17,18)9-11/h4-7,11,13H,2-3,8-9H2,1H3,(H,15,16). The SMILES string of the molecule is COc1ccc(C(C(=O)O)C2CCCS(=O)(=O)C2)cc1. The van der Waals surface area contributed by atoms with Gasteiger partial charge >= 0.3 is 5.97 Å². The highest BCUT2D eigenvalue weighted by molar-refractivity contribution is 7.91. The fraction of sp³-hybridized carbons (Fsp3) is 0.500. The van der Waals surface area contributed by atoms with E-state index in [-0.39, 0.29) is 17.4 Å². The van der Waals surface area contributed by atoms with E-state index in [0.717, 1.165) is 0 Å². The van der Waals surface area contributed by atoms with Crippen LogP contribution in [0.15, 0.2) is 24.3 Å². The average molecular weight is 298 g/mol. The summed E-state index contributed by atoms with van der Waals surface area (Å²) in [5.74, 6) is -1.35. The predicted molar refractivity (Wildman–Crippen MR) is 74.7 cm³/mol. The van der Waals surface area contributed by atoms with Crippen LogP contribution < -0.4 is 4.74 Å². The molecule has 1 aliphatic rings. The highest BCUT2D eigenvalue weighted by Crippen LogP contribution is 2.33. The van der Waals surface area contributed by atoms with Crippen LogP contribution in [0.2, 0.25) is 0 Å². The van der Waals surface area contributed by atoms with Gasteiger partial charge in [-0.05, 0) is 36.5 Å². The molecule has 1 N–H and O–H groups in total. The number of hydrogen-bond acceptors (Lipinski definition) is 4. The number of carboxylic acid groups (broad SMARTS) is 1. The molecular weight excluding hydrogens is 280 g/mol. The second-order valence-corrected chi connectivity index (χ2v) is 7.33. The third kappa shape index (κ3) is 3.30. The number of methoxy groups -OCH3 is 1. The van der Waals surface area contributed by atoms with E-state index < -0.39 is 21.7 Å². The van der Waals surface area contributed by atoms with Crippen LogP contribution in [0.1, 0.15) is 24.3 Å². The minimum Gasteiger partial charge on any atom is -0.497 e. The number of carbonyl (C=O) groups is 1. The summed E-state index contributed by atoms with van der Waals surface area (Å²) in [4.78, 5) is 11.5. The zero-order valence-electron chi connectivity index (χ0n) is 11.3. The van der Waals surface area contributed by atoms with E-state index in [4.69, 9.17) is 4.74 Å². The Hall–Kier alpha value is -1.56. The number of rotatable bonds is 4. The lowest BCUT2D eigenvalue weighted by Gasteiger charge is -2.27. The maximum Gasteiger partial charge on any atom is 0.311 e. The summed E-state index contributed by atoms with van der Waals surface area (Å²) in [6, 6.07) is 6.78. The fourth-order valence-corrected chi connectivity index (χ4v) is 4.53. The second kappa shape index (κ2) is 5.83. The molecule has 0 aliphatic carbocycles. The van der Waals surface area contributed by atoms with Crippen LogP contribution in [0.25, 0.3) is 0 Å². The van der Waals surface area contributed by atoms with Crippen molar-refractivity contribution >= 4 is 15.8 Å². The molecule has 2 rings (SSSR count). The van der Waals surface area contributed by atoms with Crippen molar-refractivity contribution in [2.45, 2.75) is 18.8 Å². The third-order valence-corrected chi connectivity index (χ3v) is 5.56. The number of aliphatic carboxylic acids is 1. The molecule has 20 heavy (non-hydrogen) atoms. The molecule has 0 bridgehead atoms. The summed E-state index contributed by atoms with van der Waals surface area (Å²) in [5.41, 5.74) is 0.625. The van der Waals surface area contributed by atoms with Crippen LogP contribution in [0.3, 0.4) is 0 Å². The van der Waals surface area contributed by atoms with E-state index in [1.807, 2.05) is 0 Å². The van der Waals surface area contributed by atoms with E-state index in [1.165, 1.54) is 7.11 Å². The van der Waals surface area contributed by atoms with Crippen molar-refractivity contribution < 1.29 is 23.1 Å². The van der Waals surface area contributed by atoms with Crippen LogP contribution in [0.4, 0.5) is 0 Å². The van der Waals surface area contributed by atoms with Gasteiger partial charge in [0, 0.05) is 0 Å². The van der Waals surface area contributed by atoms with Crippen molar-refractivity contribution in [1.29, 1.82) is 0 Å². The van der Waals surface area contributed by atoms with E-state index in [1.54, 1.807) is 24.3 Å². The van der Waals surface area contributed by atoms with E-state index >= 15 is 0 Å². The normalized spacial score (nSPS) is 22.9. The summed E-state index contributed by atoms with van der Waals surface area (Å²) in [5, 5.41) is 9.45. The Kier molecular flexibility index (Phi) is 4.32. The van der Waals surface area contributed by atoms with Gasteiger partial charge in [0.05, 0.1) is 24.5 Å². The average Bonchev–Trinajstić information content (AvgIpc) is 2.38. The van der Waals surface area contributed by atoms with Gasteiger partial charge in [0.2, 0.25) is 0 Å². The largest absolute Gasteiger partial charge is 0.497 e. The fourth-order valence-electron chi connectivity index (χ4n) is 2.75. The Balaban J connectivity index is 2.28. The van der Waals surface area contributed by atoms with E-state index in [9.17, 15) is 18.3 Å². The molecule has 2 atom stereocenters. The number of sulfone groups is 1. The van der Waals surface area contributed by atoms with Gasteiger partial charge in [-0.3, -0.25) is 4.79 Å². The minimum atomic E-state index is -3.12. The molecule has 5 nitrogen and oxygen atoms in total. The lowest BCUT2D eigenvalue weighted by molar-refractivity contribution is -0.140. The summed E-state index contributed by atoms with van der Waals surface area (Å²) in [6.45, 7) is 0. The molecule has 110 valence electrons. The van der Waals surface area contributed by atoms with E-state index in [2.05, 4.69) is 0 Å². The lowest BCUT2D eigenvalue weighted by atomic mass is 9.84. The Morgan fingerprint density at radius 2 is 2.00 bits per heavy atom. The minimum absolute atomic E-state index is 0.0456. The molecule has 0 amide bonds. The van der Waals surface area contributed by atoms with E-state index in [0.29, 0.717) is 24.2 Å².